The zero-order valence-electron chi connectivity index (χ0n) is 39.1. The Morgan fingerprint density at radius 1 is 0.714 bits per heavy atom. The first-order chi connectivity index (χ1) is 30.5. The summed E-state index contributed by atoms with van der Waals surface area (Å²) in [6.07, 6.45) is 13.2. The number of carbonyl (C=O) groups excluding carboxylic acids is 1. The van der Waals surface area contributed by atoms with Crippen LogP contribution in [0.5, 0.6) is 0 Å². The minimum atomic E-state index is -0.772. The third-order valence-electron chi connectivity index (χ3n) is 16.5. The first kappa shape index (κ1) is 46.2. The molecule has 1 saturated heterocycles. The molecule has 8 rings (SSSR count). The maximum Gasteiger partial charge on any atom is 0.302 e. The van der Waals surface area contributed by atoms with Crippen LogP contribution in [0.15, 0.2) is 103 Å². The molecule has 3 aromatic carbocycles. The molecule has 7 nitrogen and oxygen atoms in total. The lowest BCUT2D eigenvalue weighted by molar-refractivity contribution is -0.336. The molecule has 0 N–H and O–H groups in total. The van der Waals surface area contributed by atoms with Crippen molar-refractivity contribution in [3.63, 3.8) is 0 Å². The highest BCUT2D eigenvalue weighted by molar-refractivity contribution is 5.65. The van der Waals surface area contributed by atoms with Gasteiger partial charge in [0.15, 0.2) is 6.29 Å². The fourth-order valence-corrected chi connectivity index (χ4v) is 13.1. The number of hydrogen-bond donors (Lipinski definition) is 0. The monoisotopic (exact) mass is 861 g/mol. The molecular formula is C56H76O7. The van der Waals surface area contributed by atoms with E-state index in [1.165, 1.54) is 58.3 Å². The molecule has 0 radical (unpaired) electrons. The Labute approximate surface area is 379 Å². The van der Waals surface area contributed by atoms with Gasteiger partial charge in [-0.15, -0.1) is 0 Å². The van der Waals surface area contributed by atoms with E-state index in [0.717, 1.165) is 71.5 Å². The van der Waals surface area contributed by atoms with E-state index in [4.69, 9.17) is 28.4 Å². The van der Waals surface area contributed by atoms with Crippen molar-refractivity contribution in [3.05, 3.63) is 119 Å². The van der Waals surface area contributed by atoms with Crippen molar-refractivity contribution in [1.29, 1.82) is 0 Å². The lowest BCUT2D eigenvalue weighted by atomic mass is 9.47. The molecule has 0 bridgehead atoms. The van der Waals surface area contributed by atoms with E-state index in [9.17, 15) is 4.79 Å². The predicted molar refractivity (Wildman–Crippen MR) is 248 cm³/mol. The summed E-state index contributed by atoms with van der Waals surface area (Å²) in [5.74, 6) is 4.43. The summed E-state index contributed by atoms with van der Waals surface area (Å²) in [5, 5.41) is 0. The van der Waals surface area contributed by atoms with Crippen LogP contribution in [0.25, 0.3) is 0 Å². The lowest BCUT2D eigenvalue weighted by Gasteiger charge is -2.58. The van der Waals surface area contributed by atoms with E-state index in [1.807, 2.05) is 66.7 Å². The molecule has 342 valence electrons. The van der Waals surface area contributed by atoms with Crippen LogP contribution >= 0.6 is 0 Å². The Morgan fingerprint density at radius 3 is 1.92 bits per heavy atom. The van der Waals surface area contributed by atoms with E-state index in [2.05, 4.69) is 65.0 Å². The van der Waals surface area contributed by atoms with Crippen molar-refractivity contribution in [2.45, 2.75) is 169 Å². The van der Waals surface area contributed by atoms with Gasteiger partial charge < -0.3 is 28.4 Å². The van der Waals surface area contributed by atoms with Crippen LogP contribution in [0.4, 0.5) is 0 Å². The molecule has 3 saturated carbocycles. The molecule has 0 aromatic heterocycles. The van der Waals surface area contributed by atoms with Crippen molar-refractivity contribution >= 4 is 5.97 Å². The highest BCUT2D eigenvalue weighted by Gasteiger charge is 2.59. The highest BCUT2D eigenvalue weighted by Crippen LogP contribution is 2.67. The van der Waals surface area contributed by atoms with Crippen LogP contribution in [0, 0.1) is 46.3 Å². The van der Waals surface area contributed by atoms with Crippen LogP contribution < -0.4 is 0 Å². The van der Waals surface area contributed by atoms with Gasteiger partial charge in [0.25, 0.3) is 0 Å². The zero-order valence-corrected chi connectivity index (χ0v) is 39.1. The minimum Gasteiger partial charge on any atom is -0.463 e. The molecule has 1 heterocycles. The van der Waals surface area contributed by atoms with Gasteiger partial charge in [0.2, 0.25) is 0 Å². The summed E-state index contributed by atoms with van der Waals surface area (Å²) in [6, 6.07) is 30.5. The summed E-state index contributed by atoms with van der Waals surface area (Å²) >= 11 is 0. The van der Waals surface area contributed by atoms with Gasteiger partial charge in [0.05, 0.1) is 25.9 Å². The highest BCUT2D eigenvalue weighted by atomic mass is 16.7. The van der Waals surface area contributed by atoms with Gasteiger partial charge >= 0.3 is 5.97 Å². The quantitative estimate of drug-likeness (QED) is 0.0932. The number of rotatable bonds is 18. The summed E-state index contributed by atoms with van der Waals surface area (Å²) < 4.78 is 40.4. The van der Waals surface area contributed by atoms with Gasteiger partial charge in [-0.25, -0.2) is 0 Å². The topological polar surface area (TPSA) is 72.5 Å². The number of carbonyl (C=O) groups is 1. The number of esters is 1. The lowest BCUT2D eigenvalue weighted by Crippen LogP contribution is -2.62. The molecule has 13 atom stereocenters. The van der Waals surface area contributed by atoms with E-state index < -0.39 is 30.7 Å². The molecule has 63 heavy (non-hydrogen) atoms. The molecule has 4 aliphatic carbocycles. The SMILES string of the molecule is CC(=O)OC[C@H]1O[C@H](O[C@@H]2CC[C@@]3(C)C(=CC[C@H]4[C@@H]5CC[C@H]([C@H](C)CCCC(C)C)[C@@]5(C)CC[C@@H]43)C2)[C@H](OCc2ccccc2)[C@@H](OCc2ccccc2)[C@@H]1OCc1ccccc1. The summed E-state index contributed by atoms with van der Waals surface area (Å²) in [5.41, 5.74) is 5.36. The zero-order chi connectivity index (χ0) is 44.0. The van der Waals surface area contributed by atoms with Crippen LogP contribution in [-0.2, 0) is 53.0 Å². The molecule has 7 heteroatoms. The van der Waals surface area contributed by atoms with Crippen molar-refractivity contribution in [2.75, 3.05) is 6.61 Å². The summed E-state index contributed by atoms with van der Waals surface area (Å²) in [7, 11) is 0. The molecule has 0 amide bonds. The second-order valence-corrected chi connectivity index (χ2v) is 20.9. The number of benzene rings is 3. The first-order valence-electron chi connectivity index (χ1n) is 24.6. The van der Waals surface area contributed by atoms with Crippen molar-refractivity contribution in [2.24, 2.45) is 46.3 Å². The molecule has 4 fully saturated rings. The Hall–Kier alpha value is -3.33. The van der Waals surface area contributed by atoms with E-state index in [0.29, 0.717) is 25.2 Å². The van der Waals surface area contributed by atoms with Gasteiger partial charge in [0, 0.05) is 6.92 Å². The van der Waals surface area contributed by atoms with E-state index >= 15 is 0 Å². The Kier molecular flexibility index (Phi) is 15.3. The molecule has 3 aromatic rings. The van der Waals surface area contributed by atoms with Crippen molar-refractivity contribution in [1.82, 2.24) is 0 Å². The van der Waals surface area contributed by atoms with Gasteiger partial charge in [-0.3, -0.25) is 4.79 Å². The Balaban J connectivity index is 1.03. The van der Waals surface area contributed by atoms with Gasteiger partial charge in [-0.2, -0.15) is 0 Å². The number of allylic oxidation sites excluding steroid dienone is 1. The van der Waals surface area contributed by atoms with E-state index in [1.54, 1.807) is 5.57 Å². The molecule has 1 aliphatic heterocycles. The maximum absolute atomic E-state index is 12.3. The van der Waals surface area contributed by atoms with Crippen molar-refractivity contribution in [3.8, 4) is 0 Å². The normalized spacial score (nSPS) is 34.4. The van der Waals surface area contributed by atoms with Crippen molar-refractivity contribution < 1.29 is 33.2 Å². The molecular weight excluding hydrogens is 785 g/mol. The van der Waals surface area contributed by atoms with Gasteiger partial charge in [-0.1, -0.05) is 157 Å². The number of fused-ring (bicyclic) bond motifs is 5. The second kappa shape index (κ2) is 20.9. The Bertz CT molecular complexity index is 1920. The molecule has 0 unspecified atom stereocenters. The second-order valence-electron chi connectivity index (χ2n) is 20.9. The fraction of sp³-hybridized carbons (Fsp3) is 0.625. The first-order valence-corrected chi connectivity index (χ1v) is 24.6. The van der Waals surface area contributed by atoms with Crippen LogP contribution in [0.2, 0.25) is 0 Å². The van der Waals surface area contributed by atoms with E-state index in [-0.39, 0.29) is 24.1 Å². The van der Waals surface area contributed by atoms with Gasteiger partial charge in [0.1, 0.15) is 31.0 Å². The standard InChI is InChI=1S/C56H76O7/c1-38(2)17-16-18-39(3)47-27-28-48-46-26-25-44-33-45(29-31-55(44,5)49(46)30-32-56(47,48)6)62-54-53(61-36-43-23-14-9-15-24-43)52(60-35-42-21-12-8-13-22-42)51(50(63-54)37-58-40(4)57)59-34-41-19-10-7-11-20-41/h7-15,19-25,38-39,45-54H,16-18,26-37H2,1-6H3/t39-,45-,46+,47-,48+,49+,50-,51-,52+,53-,54+,55+,56-/m1/s1. The fourth-order valence-electron chi connectivity index (χ4n) is 13.1. The summed E-state index contributed by atoms with van der Waals surface area (Å²) in [4.78, 5) is 12.3. The smallest absolute Gasteiger partial charge is 0.302 e. The van der Waals surface area contributed by atoms with Crippen LogP contribution in [-0.4, -0.2) is 49.4 Å². The number of ether oxygens (including phenoxy) is 6. The average Bonchev–Trinajstić information content (AvgIpc) is 3.65. The maximum atomic E-state index is 12.3. The Morgan fingerprint density at radius 2 is 1.32 bits per heavy atom. The largest absolute Gasteiger partial charge is 0.463 e. The molecule has 0 spiro atoms. The van der Waals surface area contributed by atoms with Crippen LogP contribution in [0.3, 0.4) is 0 Å². The molecule has 5 aliphatic rings. The predicted octanol–water partition coefficient (Wildman–Crippen LogP) is 12.5. The third-order valence-corrected chi connectivity index (χ3v) is 16.5. The number of hydrogen-bond acceptors (Lipinski definition) is 7. The average molecular weight is 861 g/mol. The van der Waals surface area contributed by atoms with Gasteiger partial charge in [-0.05, 0) is 114 Å². The van der Waals surface area contributed by atoms with Crippen LogP contribution in [0.1, 0.15) is 129 Å². The minimum absolute atomic E-state index is 0.0138. The third kappa shape index (κ3) is 10.7. The summed E-state index contributed by atoms with van der Waals surface area (Å²) in [6.45, 7) is 15.1.